The largest absolute Gasteiger partial charge is 0.455 e. The van der Waals surface area contributed by atoms with Gasteiger partial charge in [-0.3, -0.25) is 4.98 Å². The second kappa shape index (κ2) is 6.71. The number of carbonyl (C=O) groups is 1. The summed E-state index contributed by atoms with van der Waals surface area (Å²) in [6, 6.07) is 8.17. The van der Waals surface area contributed by atoms with Crippen molar-refractivity contribution in [2.24, 2.45) is 0 Å². The van der Waals surface area contributed by atoms with Crippen LogP contribution >= 0.6 is 0 Å². The Kier molecular flexibility index (Phi) is 4.34. The molecule has 7 nitrogen and oxygen atoms in total. The zero-order valence-corrected chi connectivity index (χ0v) is 16.1. The number of hydrogen-bond donors (Lipinski definition) is 0. The Bertz CT molecular complexity index is 1100. The minimum Gasteiger partial charge on any atom is -0.455 e. The average Bonchev–Trinajstić information content (AvgIpc) is 3.38. The molecule has 1 aromatic carbocycles. The Morgan fingerprint density at radius 3 is 2.79 bits per heavy atom. The molecule has 0 unspecified atom stereocenters. The van der Waals surface area contributed by atoms with E-state index in [0.717, 1.165) is 10.9 Å². The maximum absolute atomic E-state index is 12.1. The molecule has 1 saturated carbocycles. The van der Waals surface area contributed by atoms with Gasteiger partial charge in [-0.2, -0.15) is 5.26 Å². The van der Waals surface area contributed by atoms with Crippen molar-refractivity contribution >= 4 is 16.9 Å². The van der Waals surface area contributed by atoms with Crippen LogP contribution in [0.4, 0.5) is 0 Å². The Morgan fingerprint density at radius 1 is 1.32 bits per heavy atom. The van der Waals surface area contributed by atoms with Gasteiger partial charge in [-0.1, -0.05) is 5.21 Å². The number of rotatable bonds is 4. The second-order valence-corrected chi connectivity index (χ2v) is 8.17. The number of esters is 1. The topological polar surface area (TPSA) is 93.7 Å². The first-order chi connectivity index (χ1) is 13.3. The number of ether oxygens (including phenoxy) is 1. The van der Waals surface area contributed by atoms with Gasteiger partial charge in [0, 0.05) is 11.6 Å². The van der Waals surface area contributed by atoms with Crippen LogP contribution in [0.15, 0.2) is 30.6 Å². The van der Waals surface area contributed by atoms with Gasteiger partial charge in [0.25, 0.3) is 0 Å². The summed E-state index contributed by atoms with van der Waals surface area (Å²) in [5.74, 6) is 0.0889. The van der Waals surface area contributed by atoms with Gasteiger partial charge in [-0.25, -0.2) is 9.48 Å². The number of nitrogens with zero attached hydrogens (tertiary/aromatic N) is 5. The first-order valence-corrected chi connectivity index (χ1v) is 9.28. The summed E-state index contributed by atoms with van der Waals surface area (Å²) in [6.45, 7) is 5.81. The van der Waals surface area contributed by atoms with Crippen LogP contribution in [0.25, 0.3) is 10.9 Å². The van der Waals surface area contributed by atoms with Crippen LogP contribution in [0.5, 0.6) is 0 Å². The summed E-state index contributed by atoms with van der Waals surface area (Å²) in [6.07, 6.45) is 5.84. The van der Waals surface area contributed by atoms with Gasteiger partial charge in [0.2, 0.25) is 0 Å². The van der Waals surface area contributed by atoms with E-state index in [1.165, 1.54) is 18.4 Å². The van der Waals surface area contributed by atoms with E-state index in [1.807, 2.05) is 12.3 Å². The summed E-state index contributed by atoms with van der Waals surface area (Å²) in [7, 11) is 0. The number of carbonyl (C=O) groups excluding carboxylic acids is 1. The van der Waals surface area contributed by atoms with Crippen LogP contribution in [0, 0.1) is 11.3 Å². The van der Waals surface area contributed by atoms with Gasteiger partial charge in [-0.05, 0) is 68.9 Å². The molecule has 4 rings (SSSR count). The highest BCUT2D eigenvalue weighted by Crippen LogP contribution is 2.40. The monoisotopic (exact) mass is 375 g/mol. The average molecular weight is 375 g/mol. The Hall–Kier alpha value is -3.27. The van der Waals surface area contributed by atoms with E-state index in [2.05, 4.69) is 27.4 Å². The van der Waals surface area contributed by atoms with Crippen molar-refractivity contribution < 1.29 is 9.53 Å². The summed E-state index contributed by atoms with van der Waals surface area (Å²) < 4.78 is 6.89. The molecule has 0 aliphatic heterocycles. The molecule has 0 saturated heterocycles. The molecule has 0 spiro atoms. The van der Waals surface area contributed by atoms with E-state index < -0.39 is 11.6 Å². The molecule has 3 aromatic rings. The summed E-state index contributed by atoms with van der Waals surface area (Å²) in [5, 5.41) is 18.4. The fourth-order valence-electron chi connectivity index (χ4n) is 3.13. The molecular formula is C21H21N5O2. The van der Waals surface area contributed by atoms with Crippen molar-refractivity contribution in [2.45, 2.75) is 51.7 Å². The molecule has 0 atom stereocenters. The lowest BCUT2D eigenvalue weighted by Crippen LogP contribution is -2.24. The predicted octanol–water partition coefficient (Wildman–Crippen LogP) is 3.58. The fourth-order valence-corrected chi connectivity index (χ4v) is 3.13. The van der Waals surface area contributed by atoms with Crippen LogP contribution in [0.1, 0.15) is 66.7 Å². The first kappa shape index (κ1) is 18.1. The lowest BCUT2D eigenvalue weighted by atomic mass is 10.0. The molecule has 0 radical (unpaired) electrons. The van der Waals surface area contributed by atoms with Gasteiger partial charge in [0.05, 0.1) is 23.8 Å². The number of benzene rings is 1. The molecule has 2 aromatic heterocycles. The van der Waals surface area contributed by atoms with E-state index in [1.54, 1.807) is 37.7 Å². The third-order valence-electron chi connectivity index (χ3n) is 4.52. The van der Waals surface area contributed by atoms with Crippen molar-refractivity contribution in [3.8, 4) is 6.07 Å². The van der Waals surface area contributed by atoms with E-state index >= 15 is 0 Å². The zero-order chi connectivity index (χ0) is 19.9. The predicted molar refractivity (Wildman–Crippen MR) is 103 cm³/mol. The second-order valence-electron chi connectivity index (χ2n) is 8.17. The minimum absolute atomic E-state index is 0.161. The molecule has 1 fully saturated rings. The smallest absolute Gasteiger partial charge is 0.361 e. The maximum atomic E-state index is 12.1. The number of nitriles is 1. The van der Waals surface area contributed by atoms with E-state index in [-0.39, 0.29) is 5.69 Å². The van der Waals surface area contributed by atoms with Crippen molar-refractivity contribution in [3.05, 3.63) is 53.0 Å². The number of hydrogen-bond acceptors (Lipinski definition) is 6. The summed E-state index contributed by atoms with van der Waals surface area (Å²) in [4.78, 5) is 16.6. The van der Waals surface area contributed by atoms with E-state index in [0.29, 0.717) is 23.5 Å². The number of pyridine rings is 1. The molecule has 0 amide bonds. The third kappa shape index (κ3) is 3.86. The molecule has 1 aliphatic rings. The van der Waals surface area contributed by atoms with Crippen molar-refractivity contribution in [1.29, 1.82) is 5.26 Å². The maximum Gasteiger partial charge on any atom is 0.361 e. The number of aromatic nitrogens is 4. The van der Waals surface area contributed by atoms with E-state index in [9.17, 15) is 10.1 Å². The van der Waals surface area contributed by atoms with Crippen molar-refractivity contribution in [2.75, 3.05) is 0 Å². The molecule has 7 heteroatoms. The minimum atomic E-state index is -0.590. The highest BCUT2D eigenvalue weighted by Gasteiger charge is 2.24. The fraction of sp³-hybridized carbons (Fsp3) is 0.381. The van der Waals surface area contributed by atoms with Crippen LogP contribution < -0.4 is 0 Å². The molecule has 142 valence electrons. The molecule has 28 heavy (non-hydrogen) atoms. The highest BCUT2D eigenvalue weighted by atomic mass is 16.6. The van der Waals surface area contributed by atoms with Crippen LogP contribution in [-0.4, -0.2) is 31.5 Å². The van der Waals surface area contributed by atoms with Crippen molar-refractivity contribution in [1.82, 2.24) is 20.0 Å². The molecular weight excluding hydrogens is 354 g/mol. The molecule has 0 N–H and O–H groups in total. The van der Waals surface area contributed by atoms with Crippen LogP contribution in [-0.2, 0) is 11.3 Å². The molecule has 1 aliphatic carbocycles. The van der Waals surface area contributed by atoms with E-state index in [4.69, 9.17) is 4.74 Å². The van der Waals surface area contributed by atoms with Crippen molar-refractivity contribution in [3.63, 3.8) is 0 Å². The summed E-state index contributed by atoms with van der Waals surface area (Å²) in [5.41, 5.74) is 2.94. The molecule has 0 bridgehead atoms. The number of fused-ring (bicyclic) bond motifs is 1. The Labute approximate surface area is 162 Å². The zero-order valence-electron chi connectivity index (χ0n) is 16.1. The standard InChI is InChI=1S/C21H21N5O2/c1-21(2,3)28-20(27)18-12-26(25-24-18)11-13-6-15-8-17(14-4-5-14)10-23-19(15)16(7-13)9-22/h6-8,10,12,14H,4-5,11H2,1-3H3. The van der Waals surface area contributed by atoms with Gasteiger partial charge < -0.3 is 4.74 Å². The molecule has 2 heterocycles. The van der Waals surface area contributed by atoms with Crippen LogP contribution in [0.2, 0.25) is 0 Å². The van der Waals surface area contributed by atoms with Gasteiger partial charge >= 0.3 is 5.97 Å². The third-order valence-corrected chi connectivity index (χ3v) is 4.52. The van der Waals surface area contributed by atoms with Gasteiger partial charge in [0.1, 0.15) is 11.7 Å². The Balaban J connectivity index is 1.61. The van der Waals surface area contributed by atoms with Crippen LogP contribution in [0.3, 0.4) is 0 Å². The first-order valence-electron chi connectivity index (χ1n) is 9.28. The lowest BCUT2D eigenvalue weighted by Gasteiger charge is -2.18. The summed E-state index contributed by atoms with van der Waals surface area (Å²) >= 11 is 0. The SMILES string of the molecule is CC(C)(C)OC(=O)c1cn(Cc2cc(C#N)c3ncc(C4CC4)cc3c2)nn1. The van der Waals surface area contributed by atoms with Gasteiger partial charge in [0.15, 0.2) is 5.69 Å². The normalized spacial score (nSPS) is 14.1. The van der Waals surface area contributed by atoms with Gasteiger partial charge in [-0.15, -0.1) is 5.10 Å². The highest BCUT2D eigenvalue weighted by molar-refractivity contribution is 5.87. The quantitative estimate of drug-likeness (QED) is 0.647. The lowest BCUT2D eigenvalue weighted by molar-refractivity contribution is 0.00627. The Morgan fingerprint density at radius 2 is 2.11 bits per heavy atom.